The molecule has 7 nitrogen and oxygen atoms in total. The summed E-state index contributed by atoms with van der Waals surface area (Å²) in [7, 11) is 1.45. The van der Waals surface area contributed by atoms with E-state index in [-0.39, 0.29) is 11.5 Å². The quantitative estimate of drug-likeness (QED) is 0.664. The largest absolute Gasteiger partial charge is 0.493 e. The fourth-order valence-electron chi connectivity index (χ4n) is 2.07. The predicted molar refractivity (Wildman–Crippen MR) is 72.8 cm³/mol. The van der Waals surface area contributed by atoms with E-state index in [4.69, 9.17) is 20.5 Å². The molecule has 0 radical (unpaired) electrons. The number of benzene rings is 1. The van der Waals surface area contributed by atoms with Crippen LogP contribution in [0.15, 0.2) is 28.1 Å². The van der Waals surface area contributed by atoms with Crippen LogP contribution in [0.25, 0.3) is 0 Å². The highest BCUT2D eigenvalue weighted by Crippen LogP contribution is 2.45. The van der Waals surface area contributed by atoms with Gasteiger partial charge in [-0.3, -0.25) is 10.1 Å². The topological polar surface area (TPSA) is 111 Å². The first kappa shape index (κ1) is 14.1. The van der Waals surface area contributed by atoms with Gasteiger partial charge in [0, 0.05) is 15.0 Å². The van der Waals surface area contributed by atoms with Crippen molar-refractivity contribution in [3.05, 3.63) is 43.7 Å². The van der Waals surface area contributed by atoms with E-state index in [9.17, 15) is 10.1 Å². The van der Waals surface area contributed by atoms with Crippen LogP contribution < -0.4 is 15.2 Å². The van der Waals surface area contributed by atoms with E-state index in [1.165, 1.54) is 7.11 Å². The van der Waals surface area contributed by atoms with Crippen LogP contribution in [0.5, 0.6) is 11.5 Å². The minimum absolute atomic E-state index is 0.0503. The Kier molecular flexibility index (Phi) is 3.81. The Morgan fingerprint density at radius 3 is 2.90 bits per heavy atom. The van der Waals surface area contributed by atoms with Crippen molar-refractivity contribution in [2.24, 2.45) is 5.73 Å². The van der Waals surface area contributed by atoms with E-state index in [2.05, 4.69) is 15.9 Å². The molecular weight excluding hydrogens is 330 g/mol. The monoisotopic (exact) mass is 339 g/mol. The summed E-state index contributed by atoms with van der Waals surface area (Å²) in [5.41, 5.74) is 6.23. The Bertz CT molecular complexity index is 651. The first-order valence-electron chi connectivity index (χ1n) is 5.54. The molecule has 0 spiro atoms. The van der Waals surface area contributed by atoms with Crippen molar-refractivity contribution in [3.8, 4) is 17.6 Å². The molecule has 1 heterocycles. The number of nitro groups is 1. The summed E-state index contributed by atoms with van der Waals surface area (Å²) in [6.45, 7) is -0.445. The fraction of sp³-hybridized carbons (Fsp3) is 0.250. The molecule has 1 aliphatic rings. The number of hydrogen-bond acceptors (Lipinski definition) is 6. The lowest BCUT2D eigenvalue weighted by atomic mass is 9.89. The van der Waals surface area contributed by atoms with Gasteiger partial charge in [0.1, 0.15) is 11.6 Å². The molecule has 104 valence electrons. The molecule has 0 bridgehead atoms. The Morgan fingerprint density at radius 2 is 2.35 bits per heavy atom. The lowest BCUT2D eigenvalue weighted by Gasteiger charge is -2.25. The summed E-state index contributed by atoms with van der Waals surface area (Å²) in [5, 5.41) is 20.0. The maximum atomic E-state index is 10.8. The second-order valence-corrected chi connectivity index (χ2v) is 5.00. The van der Waals surface area contributed by atoms with Gasteiger partial charge in [0.2, 0.25) is 12.4 Å². The van der Waals surface area contributed by atoms with Gasteiger partial charge in [0.15, 0.2) is 11.5 Å². The van der Waals surface area contributed by atoms with Crippen LogP contribution >= 0.6 is 15.9 Å². The number of nitrogens with two attached hydrogens (primary N) is 1. The molecule has 0 saturated heterocycles. The first-order valence-corrected chi connectivity index (χ1v) is 6.34. The summed E-state index contributed by atoms with van der Waals surface area (Å²) in [4.78, 5) is 10.3. The number of ether oxygens (including phenoxy) is 2. The van der Waals surface area contributed by atoms with Crippen molar-refractivity contribution in [3.63, 3.8) is 0 Å². The zero-order valence-corrected chi connectivity index (χ0v) is 12.0. The van der Waals surface area contributed by atoms with Crippen molar-refractivity contribution < 1.29 is 14.4 Å². The van der Waals surface area contributed by atoms with Gasteiger partial charge in [-0.15, -0.1) is 0 Å². The molecular formula is C12H10BrN3O4. The van der Waals surface area contributed by atoms with E-state index in [1.807, 2.05) is 6.07 Å². The summed E-state index contributed by atoms with van der Waals surface area (Å²) >= 11 is 3.30. The SMILES string of the molecule is COc1cc(Br)cc2c1OC(N)=C(C#N)[C@H]2C[N+](=O)[O-]. The smallest absolute Gasteiger partial charge is 0.215 e. The Balaban J connectivity index is 2.64. The number of rotatable bonds is 3. The second kappa shape index (κ2) is 5.38. The minimum Gasteiger partial charge on any atom is -0.493 e. The molecule has 0 fully saturated rings. The zero-order valence-electron chi connectivity index (χ0n) is 10.4. The van der Waals surface area contributed by atoms with Crippen molar-refractivity contribution >= 4 is 15.9 Å². The molecule has 0 amide bonds. The molecule has 1 atom stereocenters. The van der Waals surface area contributed by atoms with Crippen LogP contribution in [0.4, 0.5) is 0 Å². The van der Waals surface area contributed by atoms with E-state index in [0.29, 0.717) is 21.5 Å². The van der Waals surface area contributed by atoms with Gasteiger partial charge < -0.3 is 15.2 Å². The highest BCUT2D eigenvalue weighted by atomic mass is 79.9. The van der Waals surface area contributed by atoms with Gasteiger partial charge in [-0.1, -0.05) is 15.9 Å². The number of hydrogen-bond donors (Lipinski definition) is 1. The van der Waals surface area contributed by atoms with E-state index < -0.39 is 17.4 Å². The number of fused-ring (bicyclic) bond motifs is 1. The van der Waals surface area contributed by atoms with Crippen molar-refractivity contribution in [2.45, 2.75) is 5.92 Å². The molecule has 1 aromatic rings. The number of nitrogens with zero attached hydrogens (tertiary/aromatic N) is 2. The predicted octanol–water partition coefficient (Wildman–Crippen LogP) is 1.90. The molecule has 0 aliphatic carbocycles. The molecule has 0 unspecified atom stereocenters. The molecule has 8 heteroatoms. The molecule has 20 heavy (non-hydrogen) atoms. The lowest BCUT2D eigenvalue weighted by Crippen LogP contribution is -2.25. The standard InChI is InChI=1S/C12H10BrN3O4/c1-19-10-3-6(13)2-7-9(5-16(17)18)8(4-14)12(15)20-11(7)10/h2-3,9H,5,15H2,1H3/t9-/m0/s1. The normalized spacial score (nSPS) is 16.9. The molecule has 1 aromatic carbocycles. The maximum Gasteiger partial charge on any atom is 0.215 e. The third-order valence-corrected chi connectivity index (χ3v) is 3.38. The average Bonchev–Trinajstić information content (AvgIpc) is 2.38. The van der Waals surface area contributed by atoms with Crippen molar-refractivity contribution in [1.29, 1.82) is 5.26 Å². The third kappa shape index (κ3) is 2.40. The highest BCUT2D eigenvalue weighted by molar-refractivity contribution is 9.10. The first-order chi connectivity index (χ1) is 9.47. The van der Waals surface area contributed by atoms with Gasteiger partial charge in [-0.05, 0) is 12.1 Å². The van der Waals surface area contributed by atoms with Gasteiger partial charge in [0.25, 0.3) is 0 Å². The van der Waals surface area contributed by atoms with Crippen LogP contribution in [0.2, 0.25) is 0 Å². The van der Waals surface area contributed by atoms with Crippen LogP contribution in [0.3, 0.4) is 0 Å². The molecule has 2 rings (SSSR count). The summed E-state index contributed by atoms with van der Waals surface area (Å²) < 4.78 is 11.2. The Labute approximate surface area is 122 Å². The van der Waals surface area contributed by atoms with Crippen LogP contribution in [0, 0.1) is 21.4 Å². The lowest BCUT2D eigenvalue weighted by molar-refractivity contribution is -0.482. The zero-order chi connectivity index (χ0) is 14.9. The summed E-state index contributed by atoms with van der Waals surface area (Å²) in [6.07, 6.45) is 0. The van der Waals surface area contributed by atoms with E-state index in [1.54, 1.807) is 12.1 Å². The number of methoxy groups -OCH3 is 1. The Morgan fingerprint density at radius 1 is 1.65 bits per heavy atom. The van der Waals surface area contributed by atoms with Gasteiger partial charge in [0.05, 0.1) is 13.0 Å². The molecule has 2 N–H and O–H groups in total. The summed E-state index contributed by atoms with van der Waals surface area (Å²) in [6, 6.07) is 5.20. The molecule has 0 aromatic heterocycles. The van der Waals surface area contributed by atoms with Crippen molar-refractivity contribution in [1.82, 2.24) is 0 Å². The van der Waals surface area contributed by atoms with Gasteiger partial charge in [-0.25, -0.2) is 0 Å². The van der Waals surface area contributed by atoms with E-state index >= 15 is 0 Å². The van der Waals surface area contributed by atoms with E-state index in [0.717, 1.165) is 0 Å². The highest BCUT2D eigenvalue weighted by Gasteiger charge is 2.35. The molecule has 0 saturated carbocycles. The average molecular weight is 340 g/mol. The Hall–Kier alpha value is -2.27. The van der Waals surface area contributed by atoms with Gasteiger partial charge in [-0.2, -0.15) is 5.26 Å². The number of halogens is 1. The summed E-state index contributed by atoms with van der Waals surface area (Å²) in [5.74, 6) is -0.195. The minimum atomic E-state index is -0.759. The molecule has 1 aliphatic heterocycles. The number of nitriles is 1. The van der Waals surface area contributed by atoms with Gasteiger partial charge >= 0.3 is 0 Å². The third-order valence-electron chi connectivity index (χ3n) is 2.92. The van der Waals surface area contributed by atoms with Crippen LogP contribution in [-0.4, -0.2) is 18.6 Å². The van der Waals surface area contributed by atoms with Crippen LogP contribution in [-0.2, 0) is 0 Å². The fourth-order valence-corrected chi connectivity index (χ4v) is 2.53. The van der Waals surface area contributed by atoms with Crippen LogP contribution in [0.1, 0.15) is 11.5 Å². The second-order valence-electron chi connectivity index (χ2n) is 4.09. The van der Waals surface area contributed by atoms with Crippen molar-refractivity contribution in [2.75, 3.05) is 13.7 Å². The maximum absolute atomic E-state index is 10.8.